The van der Waals surface area contributed by atoms with Crippen LogP contribution in [-0.4, -0.2) is 9.79 Å². The van der Waals surface area contributed by atoms with Gasteiger partial charge in [0, 0.05) is 6.04 Å². The second-order valence-electron chi connectivity index (χ2n) is 0.800. The summed E-state index contributed by atoms with van der Waals surface area (Å²) < 4.78 is 9.67. The van der Waals surface area contributed by atoms with E-state index < -0.39 is 7.75 Å². The van der Waals surface area contributed by atoms with Gasteiger partial charge in [0.2, 0.25) is 0 Å². The molecule has 0 rings (SSSR count). The maximum absolute atomic E-state index is 9.67. The molecule has 0 spiro atoms. The van der Waals surface area contributed by atoms with E-state index in [4.69, 9.17) is 9.79 Å². The van der Waals surface area contributed by atoms with Gasteiger partial charge in [-0.05, 0) is 0 Å². The standard InChI is InChI=1S/C2H4NO3P/c1-2-3-7(4,5)6/h1H,(H3,3,4,5,6). The fraction of sp³-hybridized carbons (Fsp3) is 0. The van der Waals surface area contributed by atoms with E-state index in [1.807, 2.05) is 0 Å². The van der Waals surface area contributed by atoms with Gasteiger partial charge in [0.15, 0.2) is 0 Å². The molecule has 0 unspecified atom stereocenters. The lowest BCUT2D eigenvalue weighted by Gasteiger charge is -1.95. The predicted octanol–water partition coefficient (Wildman–Crippen LogP) is -0.741. The number of rotatable bonds is 1. The number of hydrogen-bond donors (Lipinski definition) is 3. The summed E-state index contributed by atoms with van der Waals surface area (Å²) >= 11 is 0. The van der Waals surface area contributed by atoms with Crippen LogP contribution in [0.25, 0.3) is 0 Å². The molecular weight excluding hydrogens is 117 g/mol. The molecule has 40 valence electrons. The van der Waals surface area contributed by atoms with Crippen LogP contribution in [0.4, 0.5) is 0 Å². The second-order valence-corrected chi connectivity index (χ2v) is 2.11. The van der Waals surface area contributed by atoms with Gasteiger partial charge in [0.25, 0.3) is 0 Å². The van der Waals surface area contributed by atoms with Crippen molar-refractivity contribution in [3.63, 3.8) is 0 Å². The summed E-state index contributed by atoms with van der Waals surface area (Å²) in [4.78, 5) is 15.8. The van der Waals surface area contributed by atoms with E-state index >= 15 is 0 Å². The molecule has 5 heteroatoms. The van der Waals surface area contributed by atoms with E-state index in [0.29, 0.717) is 0 Å². The van der Waals surface area contributed by atoms with Gasteiger partial charge in [-0.25, -0.2) is 4.57 Å². The largest absolute Gasteiger partial charge is 0.434 e. The molecule has 7 heavy (non-hydrogen) atoms. The molecule has 0 aliphatic rings. The fourth-order valence-electron chi connectivity index (χ4n) is 0.0841. The third-order valence-electron chi connectivity index (χ3n) is 0.210. The Hall–Kier alpha value is -0.490. The lowest BCUT2D eigenvalue weighted by atomic mass is 11.2. The first-order valence-corrected chi connectivity index (χ1v) is 2.96. The molecule has 0 aliphatic heterocycles. The normalized spacial score (nSPS) is 9.86. The summed E-state index contributed by atoms with van der Waals surface area (Å²) in [6, 6.07) is 1.59. The van der Waals surface area contributed by atoms with Crippen molar-refractivity contribution in [3.8, 4) is 12.5 Å². The van der Waals surface area contributed by atoms with E-state index in [0.717, 1.165) is 0 Å². The smallest absolute Gasteiger partial charge is 0.308 e. The summed E-state index contributed by atoms with van der Waals surface area (Å²) in [5.41, 5.74) is 0. The molecule has 0 saturated heterocycles. The first-order valence-electron chi connectivity index (χ1n) is 1.34. The minimum Gasteiger partial charge on any atom is -0.308 e. The topological polar surface area (TPSA) is 69.6 Å². The Morgan fingerprint density at radius 3 is 2.14 bits per heavy atom. The number of nitrogens with one attached hydrogen (secondary N) is 1. The molecule has 4 nitrogen and oxygen atoms in total. The zero-order valence-electron chi connectivity index (χ0n) is 3.33. The highest BCUT2D eigenvalue weighted by Crippen LogP contribution is 2.26. The Labute approximate surface area is 40.8 Å². The quantitative estimate of drug-likeness (QED) is 0.243. The van der Waals surface area contributed by atoms with Crippen molar-refractivity contribution >= 4 is 7.75 Å². The Morgan fingerprint density at radius 1 is 1.71 bits per heavy atom. The van der Waals surface area contributed by atoms with Gasteiger partial charge < -0.3 is 9.79 Å². The van der Waals surface area contributed by atoms with Gasteiger partial charge in [-0.1, -0.05) is 6.42 Å². The van der Waals surface area contributed by atoms with Crippen LogP contribution >= 0.6 is 7.75 Å². The van der Waals surface area contributed by atoms with Crippen LogP contribution in [0, 0.1) is 12.5 Å². The molecular formula is C2H4NO3P. The van der Waals surface area contributed by atoms with E-state index in [1.54, 1.807) is 6.04 Å². The van der Waals surface area contributed by atoms with Crippen LogP contribution in [0.3, 0.4) is 0 Å². The predicted molar refractivity (Wildman–Crippen MR) is 24.0 cm³/mol. The monoisotopic (exact) mass is 121 g/mol. The van der Waals surface area contributed by atoms with Crippen molar-refractivity contribution in [2.75, 3.05) is 0 Å². The molecule has 0 heterocycles. The SMILES string of the molecule is C#CNP(=O)(O)O. The molecule has 0 saturated carbocycles. The van der Waals surface area contributed by atoms with Gasteiger partial charge >= 0.3 is 7.75 Å². The minimum atomic E-state index is -4.15. The Morgan fingerprint density at radius 2 is 2.14 bits per heavy atom. The number of hydrogen-bond acceptors (Lipinski definition) is 1. The molecule has 0 radical (unpaired) electrons. The zero-order chi connectivity index (χ0) is 5.91. The van der Waals surface area contributed by atoms with Gasteiger partial charge in [-0.15, -0.1) is 0 Å². The highest BCUT2D eigenvalue weighted by Gasteiger charge is 2.06. The molecule has 0 fully saturated rings. The van der Waals surface area contributed by atoms with Crippen molar-refractivity contribution in [1.82, 2.24) is 5.09 Å². The summed E-state index contributed by atoms with van der Waals surface area (Å²) in [6.07, 6.45) is 4.46. The minimum absolute atomic E-state index is 1.48. The van der Waals surface area contributed by atoms with Crippen molar-refractivity contribution in [3.05, 3.63) is 0 Å². The highest BCUT2D eigenvalue weighted by atomic mass is 31.2. The van der Waals surface area contributed by atoms with E-state index in [2.05, 4.69) is 6.42 Å². The van der Waals surface area contributed by atoms with Crippen molar-refractivity contribution < 1.29 is 14.4 Å². The van der Waals surface area contributed by atoms with Gasteiger partial charge in [0.1, 0.15) is 0 Å². The Kier molecular flexibility index (Phi) is 1.85. The van der Waals surface area contributed by atoms with Crippen molar-refractivity contribution in [2.45, 2.75) is 0 Å². The van der Waals surface area contributed by atoms with Gasteiger partial charge in [-0.3, -0.25) is 5.09 Å². The second kappa shape index (κ2) is 1.99. The molecule has 0 bridgehead atoms. The molecule has 0 aliphatic carbocycles. The third-order valence-corrected chi connectivity index (χ3v) is 0.631. The molecule has 0 atom stereocenters. The lowest BCUT2D eigenvalue weighted by Crippen LogP contribution is -1.98. The maximum Gasteiger partial charge on any atom is 0.434 e. The van der Waals surface area contributed by atoms with Crippen LogP contribution in [0.2, 0.25) is 0 Å². The average Bonchev–Trinajstić information content (AvgIpc) is 1.30. The highest BCUT2D eigenvalue weighted by molar-refractivity contribution is 7.49. The summed E-state index contributed by atoms with van der Waals surface area (Å²) in [5, 5.41) is 1.48. The summed E-state index contributed by atoms with van der Waals surface area (Å²) in [5.74, 6) is 0. The van der Waals surface area contributed by atoms with Crippen LogP contribution in [-0.2, 0) is 4.57 Å². The third kappa shape index (κ3) is 5.51. The van der Waals surface area contributed by atoms with Crippen LogP contribution in [0.5, 0.6) is 0 Å². The van der Waals surface area contributed by atoms with E-state index in [-0.39, 0.29) is 0 Å². The van der Waals surface area contributed by atoms with Crippen LogP contribution < -0.4 is 5.09 Å². The fourth-order valence-corrected chi connectivity index (χ4v) is 0.252. The van der Waals surface area contributed by atoms with E-state index in [1.165, 1.54) is 5.09 Å². The summed E-state index contributed by atoms with van der Waals surface area (Å²) in [7, 11) is -4.15. The zero-order valence-corrected chi connectivity index (χ0v) is 4.22. The first kappa shape index (κ1) is 6.51. The molecule has 0 aromatic heterocycles. The first-order chi connectivity index (χ1) is 3.06. The molecule has 0 amide bonds. The maximum atomic E-state index is 9.67. The number of terminal acetylenes is 1. The van der Waals surface area contributed by atoms with Gasteiger partial charge in [-0.2, -0.15) is 0 Å². The molecule has 3 N–H and O–H groups in total. The van der Waals surface area contributed by atoms with Crippen molar-refractivity contribution in [1.29, 1.82) is 0 Å². The van der Waals surface area contributed by atoms with Gasteiger partial charge in [0.05, 0.1) is 0 Å². The Bertz CT molecular complexity index is 130. The summed E-state index contributed by atoms with van der Waals surface area (Å²) in [6.45, 7) is 0. The molecule has 0 aromatic rings. The van der Waals surface area contributed by atoms with E-state index in [9.17, 15) is 4.57 Å². The Balaban J connectivity index is 3.65. The van der Waals surface area contributed by atoms with Crippen LogP contribution in [0.1, 0.15) is 0 Å². The molecule has 0 aromatic carbocycles. The average molecular weight is 121 g/mol. The van der Waals surface area contributed by atoms with Crippen LogP contribution in [0.15, 0.2) is 0 Å². The van der Waals surface area contributed by atoms with Crippen molar-refractivity contribution in [2.24, 2.45) is 0 Å². The lowest BCUT2D eigenvalue weighted by molar-refractivity contribution is 0.366.